The quantitative estimate of drug-likeness (QED) is 0.326. The molecule has 0 aliphatic rings. The predicted octanol–water partition coefficient (Wildman–Crippen LogP) is 6.88. The standard InChI is InChI=1S/C28H19N3/c1-2-7-28-23(4-1)12-13-26-19-27(30-31(26)28)22-10-8-20(9-11-22)24-5-3-6-25(18-24)21-14-16-29-17-15-21/h1-19H. The number of nitrogens with zero attached hydrogens (tertiary/aromatic N) is 3. The SMILES string of the molecule is c1cc(-c2ccncc2)cc(-c2ccc(-c3cc4ccc5ccccc5n4n3)cc2)c1. The number of hydrogen-bond donors (Lipinski definition) is 0. The van der Waals surface area contributed by atoms with Crippen molar-refractivity contribution in [3.05, 3.63) is 116 Å². The van der Waals surface area contributed by atoms with Gasteiger partial charge < -0.3 is 0 Å². The number of rotatable bonds is 3. The lowest BCUT2D eigenvalue weighted by atomic mass is 9.98. The molecule has 0 N–H and O–H groups in total. The van der Waals surface area contributed by atoms with Crippen molar-refractivity contribution < 1.29 is 0 Å². The van der Waals surface area contributed by atoms with Crippen molar-refractivity contribution in [2.45, 2.75) is 0 Å². The van der Waals surface area contributed by atoms with Crippen LogP contribution in [0, 0.1) is 0 Å². The lowest BCUT2D eigenvalue weighted by molar-refractivity contribution is 1.01. The first kappa shape index (κ1) is 17.6. The van der Waals surface area contributed by atoms with Crippen LogP contribution in [0.25, 0.3) is 49.9 Å². The summed E-state index contributed by atoms with van der Waals surface area (Å²) in [6.07, 6.45) is 3.66. The minimum Gasteiger partial charge on any atom is -0.265 e. The molecule has 6 rings (SSSR count). The van der Waals surface area contributed by atoms with Crippen LogP contribution in [0.2, 0.25) is 0 Å². The molecule has 3 heterocycles. The van der Waals surface area contributed by atoms with Gasteiger partial charge in [-0.25, -0.2) is 4.52 Å². The van der Waals surface area contributed by atoms with Crippen LogP contribution in [-0.4, -0.2) is 14.6 Å². The van der Waals surface area contributed by atoms with Gasteiger partial charge in [0.05, 0.1) is 16.7 Å². The molecule has 31 heavy (non-hydrogen) atoms. The van der Waals surface area contributed by atoms with Crippen molar-refractivity contribution in [2.24, 2.45) is 0 Å². The number of aromatic nitrogens is 3. The van der Waals surface area contributed by atoms with Crippen LogP contribution in [0.1, 0.15) is 0 Å². The summed E-state index contributed by atoms with van der Waals surface area (Å²) in [6, 6.07) is 36.1. The monoisotopic (exact) mass is 397 g/mol. The highest BCUT2D eigenvalue weighted by Crippen LogP contribution is 2.29. The van der Waals surface area contributed by atoms with E-state index < -0.39 is 0 Å². The Hall–Kier alpha value is -4.24. The van der Waals surface area contributed by atoms with Gasteiger partial charge in [0.25, 0.3) is 0 Å². The minimum absolute atomic E-state index is 0.980. The van der Waals surface area contributed by atoms with Gasteiger partial charge in [-0.2, -0.15) is 5.10 Å². The van der Waals surface area contributed by atoms with Crippen LogP contribution < -0.4 is 0 Å². The third-order valence-electron chi connectivity index (χ3n) is 5.73. The molecule has 0 atom stereocenters. The van der Waals surface area contributed by atoms with Crippen LogP contribution in [0.3, 0.4) is 0 Å². The second-order valence-electron chi connectivity index (χ2n) is 7.65. The number of fused-ring (bicyclic) bond motifs is 3. The zero-order chi connectivity index (χ0) is 20.6. The number of benzene rings is 3. The third-order valence-corrected chi connectivity index (χ3v) is 5.73. The van der Waals surface area contributed by atoms with E-state index in [-0.39, 0.29) is 0 Å². The maximum atomic E-state index is 4.88. The summed E-state index contributed by atoms with van der Waals surface area (Å²) in [7, 11) is 0. The van der Waals surface area contributed by atoms with Crippen molar-refractivity contribution in [1.29, 1.82) is 0 Å². The van der Waals surface area contributed by atoms with E-state index in [0.29, 0.717) is 0 Å². The molecule has 0 bridgehead atoms. The van der Waals surface area contributed by atoms with Gasteiger partial charge in [0.1, 0.15) is 0 Å². The zero-order valence-electron chi connectivity index (χ0n) is 16.8. The van der Waals surface area contributed by atoms with Gasteiger partial charge in [-0.3, -0.25) is 4.98 Å². The largest absolute Gasteiger partial charge is 0.265 e. The molecule has 0 fully saturated rings. The molecule has 0 saturated carbocycles. The summed E-state index contributed by atoms with van der Waals surface area (Å²) in [4.78, 5) is 4.11. The summed E-state index contributed by atoms with van der Waals surface area (Å²) in [5.41, 5.74) is 9.06. The third kappa shape index (κ3) is 3.17. The fraction of sp³-hybridized carbons (Fsp3) is 0. The fourth-order valence-electron chi connectivity index (χ4n) is 4.10. The summed E-state index contributed by atoms with van der Waals surface area (Å²) < 4.78 is 2.02. The van der Waals surface area contributed by atoms with E-state index in [2.05, 4.69) is 96.0 Å². The van der Waals surface area contributed by atoms with E-state index >= 15 is 0 Å². The van der Waals surface area contributed by atoms with E-state index in [4.69, 9.17) is 5.10 Å². The Labute approximate surface area is 180 Å². The molecule has 6 aromatic rings. The summed E-state index contributed by atoms with van der Waals surface area (Å²) in [6.45, 7) is 0. The van der Waals surface area contributed by atoms with Gasteiger partial charge in [-0.05, 0) is 58.7 Å². The van der Waals surface area contributed by atoms with Gasteiger partial charge in [-0.1, -0.05) is 66.7 Å². The van der Waals surface area contributed by atoms with E-state index in [9.17, 15) is 0 Å². The topological polar surface area (TPSA) is 30.2 Å². The Bertz CT molecular complexity index is 1510. The molecule has 0 unspecified atom stereocenters. The summed E-state index contributed by atoms with van der Waals surface area (Å²) in [5.74, 6) is 0. The van der Waals surface area contributed by atoms with E-state index in [1.807, 2.05) is 29.0 Å². The van der Waals surface area contributed by atoms with E-state index in [1.165, 1.54) is 27.6 Å². The van der Waals surface area contributed by atoms with Gasteiger partial charge in [0, 0.05) is 23.3 Å². The van der Waals surface area contributed by atoms with Crippen LogP contribution in [0.15, 0.2) is 116 Å². The number of pyridine rings is 2. The highest BCUT2D eigenvalue weighted by atomic mass is 15.2. The summed E-state index contributed by atoms with van der Waals surface area (Å²) >= 11 is 0. The molecular weight excluding hydrogens is 378 g/mol. The smallest absolute Gasteiger partial charge is 0.0933 e. The molecule has 0 aliphatic carbocycles. The number of para-hydroxylation sites is 1. The molecule has 0 radical (unpaired) electrons. The molecular formula is C28H19N3. The first-order valence-corrected chi connectivity index (χ1v) is 10.3. The van der Waals surface area contributed by atoms with Crippen LogP contribution in [-0.2, 0) is 0 Å². The molecule has 146 valence electrons. The average molecular weight is 397 g/mol. The molecule has 0 spiro atoms. The van der Waals surface area contributed by atoms with Crippen LogP contribution in [0.4, 0.5) is 0 Å². The predicted molar refractivity (Wildman–Crippen MR) is 127 cm³/mol. The van der Waals surface area contributed by atoms with Crippen molar-refractivity contribution >= 4 is 16.4 Å². The normalized spacial score (nSPS) is 11.2. The summed E-state index contributed by atoms with van der Waals surface area (Å²) in [5, 5.41) is 6.07. The van der Waals surface area contributed by atoms with Gasteiger partial charge in [0.2, 0.25) is 0 Å². The van der Waals surface area contributed by atoms with Crippen LogP contribution >= 0.6 is 0 Å². The highest BCUT2D eigenvalue weighted by molar-refractivity contribution is 5.83. The van der Waals surface area contributed by atoms with Gasteiger partial charge in [0.15, 0.2) is 0 Å². The Morgan fingerprint density at radius 3 is 2.03 bits per heavy atom. The lowest BCUT2D eigenvalue weighted by Gasteiger charge is -2.07. The second-order valence-corrected chi connectivity index (χ2v) is 7.65. The van der Waals surface area contributed by atoms with Crippen LogP contribution in [0.5, 0.6) is 0 Å². The molecule has 0 aliphatic heterocycles. The van der Waals surface area contributed by atoms with Crippen molar-refractivity contribution in [3.8, 4) is 33.5 Å². The van der Waals surface area contributed by atoms with Crippen molar-refractivity contribution in [1.82, 2.24) is 14.6 Å². The minimum atomic E-state index is 0.980. The fourth-order valence-corrected chi connectivity index (χ4v) is 4.10. The Morgan fingerprint density at radius 1 is 0.516 bits per heavy atom. The second kappa shape index (κ2) is 7.22. The Morgan fingerprint density at radius 2 is 1.23 bits per heavy atom. The molecule has 0 saturated heterocycles. The maximum Gasteiger partial charge on any atom is 0.0933 e. The van der Waals surface area contributed by atoms with Crippen molar-refractivity contribution in [2.75, 3.05) is 0 Å². The molecule has 3 heteroatoms. The van der Waals surface area contributed by atoms with E-state index in [1.54, 1.807) is 0 Å². The zero-order valence-corrected chi connectivity index (χ0v) is 16.8. The van der Waals surface area contributed by atoms with Crippen molar-refractivity contribution in [3.63, 3.8) is 0 Å². The molecule has 3 nitrogen and oxygen atoms in total. The lowest BCUT2D eigenvalue weighted by Crippen LogP contribution is -1.90. The first-order valence-electron chi connectivity index (χ1n) is 10.3. The van der Waals surface area contributed by atoms with E-state index in [0.717, 1.165) is 22.3 Å². The Balaban J connectivity index is 1.36. The van der Waals surface area contributed by atoms with Gasteiger partial charge in [-0.15, -0.1) is 0 Å². The molecule has 0 amide bonds. The first-order chi connectivity index (χ1) is 15.3. The number of hydrogen-bond acceptors (Lipinski definition) is 2. The maximum absolute atomic E-state index is 4.88. The highest BCUT2D eigenvalue weighted by Gasteiger charge is 2.08. The average Bonchev–Trinajstić information content (AvgIpc) is 3.30. The van der Waals surface area contributed by atoms with Gasteiger partial charge >= 0.3 is 0 Å². The molecule has 3 aromatic carbocycles. The molecule has 3 aromatic heterocycles. The Kier molecular flexibility index (Phi) is 4.10.